The first-order valence-electron chi connectivity index (χ1n) is 16.9. The first-order valence-corrected chi connectivity index (χ1v) is 20.1. The van der Waals surface area contributed by atoms with E-state index in [1.165, 1.54) is 21.2 Å². The van der Waals surface area contributed by atoms with Crippen molar-refractivity contribution in [3.05, 3.63) is 103 Å². The van der Waals surface area contributed by atoms with E-state index < -0.39 is 9.84 Å². The third kappa shape index (κ3) is 8.07. The molecule has 1 N–H and O–H groups in total. The van der Waals surface area contributed by atoms with Crippen LogP contribution in [-0.4, -0.2) is 70.1 Å². The summed E-state index contributed by atoms with van der Waals surface area (Å²) in [6.45, 7) is 8.43. The molecule has 2 aromatic carbocycles. The number of ketones is 1. The van der Waals surface area contributed by atoms with Crippen LogP contribution in [0.25, 0.3) is 11.4 Å². The molecule has 0 aliphatic carbocycles. The lowest BCUT2D eigenvalue weighted by atomic mass is 9.98. The quantitative estimate of drug-likeness (QED) is 0.107. The second kappa shape index (κ2) is 15.6. The van der Waals surface area contributed by atoms with Gasteiger partial charge in [-0.15, -0.1) is 0 Å². The van der Waals surface area contributed by atoms with Crippen LogP contribution in [0, 0.1) is 53.9 Å². The fourth-order valence-corrected chi connectivity index (χ4v) is 9.10. The van der Waals surface area contributed by atoms with Crippen LogP contribution in [0.4, 0.5) is 0 Å². The van der Waals surface area contributed by atoms with Crippen LogP contribution in [0.3, 0.4) is 0 Å². The number of aryl methyl sites for hydroxylation is 1. The first-order chi connectivity index (χ1) is 23.7. The number of fused-ring (bicyclic) bond motifs is 2. The fraction of sp³-hybridized carbons (Fsp3) is 0.410. The molecule has 6 rings (SSSR count). The molecule has 2 bridgehead atoms. The number of hydrogen-bond acceptors (Lipinski definition) is 7. The Labute approximate surface area is 309 Å². The Morgan fingerprint density at radius 3 is 1.92 bits per heavy atom. The predicted octanol–water partition coefficient (Wildman–Crippen LogP) is 6.68. The van der Waals surface area contributed by atoms with Gasteiger partial charge in [0.15, 0.2) is 5.78 Å². The summed E-state index contributed by atoms with van der Waals surface area (Å²) < 4.78 is 28.6. The average Bonchev–Trinajstić information content (AvgIpc) is 3.76. The van der Waals surface area contributed by atoms with Gasteiger partial charge in [-0.1, -0.05) is 0 Å². The van der Waals surface area contributed by atoms with Gasteiger partial charge in [0.25, 0.3) is 0 Å². The normalized spacial score (nSPS) is 18.4. The Balaban J connectivity index is 0.000000253. The topological polar surface area (TPSA) is 132 Å². The zero-order valence-electron chi connectivity index (χ0n) is 29.3. The molecular weight excluding hydrogens is 761 g/mol. The van der Waals surface area contributed by atoms with Crippen molar-refractivity contribution in [3.8, 4) is 23.5 Å². The number of aromatic nitrogens is 2. The van der Waals surface area contributed by atoms with Crippen LogP contribution in [0.2, 0.25) is 0 Å². The van der Waals surface area contributed by atoms with E-state index in [1.54, 1.807) is 12.1 Å². The highest BCUT2D eigenvalue weighted by Crippen LogP contribution is 2.38. The Morgan fingerprint density at radius 1 is 0.880 bits per heavy atom. The molecule has 2 aliphatic rings. The zero-order valence-corrected chi connectivity index (χ0v) is 32.3. The molecule has 4 aromatic rings. The molecule has 50 heavy (non-hydrogen) atoms. The molecule has 2 aromatic heterocycles. The van der Waals surface area contributed by atoms with Crippen LogP contribution >= 0.6 is 22.6 Å². The molecule has 2 saturated heterocycles. The van der Waals surface area contributed by atoms with Gasteiger partial charge in [0.1, 0.15) is 9.84 Å². The van der Waals surface area contributed by atoms with E-state index in [1.807, 2.05) is 50.2 Å². The van der Waals surface area contributed by atoms with Crippen molar-refractivity contribution < 1.29 is 18.3 Å². The number of halogens is 1. The molecule has 2 unspecified atom stereocenters. The Bertz CT molecular complexity index is 2070. The molecule has 11 heteroatoms. The number of sulfone groups is 1. The number of Topliss-reactive ketones (excluding diaryl/α,β-unsaturated/α-hetero) is 1. The lowest BCUT2D eigenvalue weighted by Gasteiger charge is -2.21. The average molecular weight is 806 g/mol. The van der Waals surface area contributed by atoms with Crippen LogP contribution < -0.4 is 0 Å². The number of aliphatic hydroxyl groups excluding tert-OH is 1. The number of rotatable bonds is 10. The fourth-order valence-electron chi connectivity index (χ4n) is 7.68. The Morgan fingerprint density at radius 2 is 1.46 bits per heavy atom. The van der Waals surface area contributed by atoms with Crippen molar-refractivity contribution in [1.82, 2.24) is 14.0 Å². The lowest BCUT2D eigenvalue weighted by Crippen LogP contribution is -2.36. The maximum Gasteiger partial charge on any atom is 0.178 e. The minimum Gasteiger partial charge on any atom is -0.391 e. The molecule has 0 radical (unpaired) electrons. The number of benzene rings is 2. The van der Waals surface area contributed by atoms with Crippen LogP contribution in [-0.2, 0) is 16.3 Å². The van der Waals surface area contributed by atoms with Crippen LogP contribution in [0.5, 0.6) is 0 Å². The Kier molecular flexibility index (Phi) is 11.7. The van der Waals surface area contributed by atoms with E-state index in [0.717, 1.165) is 47.6 Å². The monoisotopic (exact) mass is 805 g/mol. The summed E-state index contributed by atoms with van der Waals surface area (Å²) in [6, 6.07) is 21.7. The van der Waals surface area contributed by atoms with Gasteiger partial charge < -0.3 is 14.2 Å². The summed E-state index contributed by atoms with van der Waals surface area (Å²) in [5, 5.41) is 28.2. The smallest absolute Gasteiger partial charge is 0.178 e. The highest BCUT2D eigenvalue weighted by molar-refractivity contribution is 14.1. The number of aliphatic hydroxyl groups is 1. The van der Waals surface area contributed by atoms with Crippen molar-refractivity contribution in [2.24, 2.45) is 0 Å². The van der Waals surface area contributed by atoms with E-state index in [4.69, 9.17) is 10.5 Å². The molecule has 0 spiro atoms. The SMILES string of the molecule is Cc1c(CCCCS(C)(=O)=O)c(C(=O)CN2C3CCC2[C@@H](O)C3)c(C)n1-c1ccc(C#N)cc1.Cc1cc(I)c(C)n1-c1ccc(C#N)cc1. The lowest BCUT2D eigenvalue weighted by molar-refractivity contribution is 0.0872. The van der Waals surface area contributed by atoms with Gasteiger partial charge in [-0.2, -0.15) is 10.5 Å². The van der Waals surface area contributed by atoms with Crippen LogP contribution in [0.1, 0.15) is 81.9 Å². The second-order valence-electron chi connectivity index (χ2n) is 13.5. The molecule has 3 atom stereocenters. The molecule has 262 valence electrons. The van der Waals surface area contributed by atoms with E-state index in [-0.39, 0.29) is 29.7 Å². The minimum absolute atomic E-state index is 0.0529. The summed E-state index contributed by atoms with van der Waals surface area (Å²) in [5.74, 6) is 0.191. The number of carbonyl (C=O) groups is 1. The molecule has 2 fully saturated rings. The van der Waals surface area contributed by atoms with Crippen molar-refractivity contribution in [3.63, 3.8) is 0 Å². The van der Waals surface area contributed by atoms with Gasteiger partial charge in [0.2, 0.25) is 0 Å². The van der Waals surface area contributed by atoms with E-state index >= 15 is 0 Å². The minimum atomic E-state index is -3.02. The standard InChI is InChI=1S/C26H33N3O4S.C13H11IN2/c1-17-22(6-4-5-13-34(3,32)33)26(18(2)29(17)20-9-7-19(15-27)8-10-20)25(31)16-28-21-11-12-23(28)24(30)14-21;1-9-7-13(14)10(2)16(9)12-5-3-11(8-15)4-6-12/h7-10,21,23-24,30H,4-6,11-14,16H2,1-3H3;3-7H,1-2H3/t21?,23?,24-;/m0./s1. The third-order valence-corrected chi connectivity index (χ3v) is 12.2. The second-order valence-corrected chi connectivity index (χ2v) is 16.9. The summed E-state index contributed by atoms with van der Waals surface area (Å²) in [7, 11) is -3.02. The van der Waals surface area contributed by atoms with Crippen molar-refractivity contribution in [2.75, 3.05) is 18.6 Å². The highest BCUT2D eigenvalue weighted by atomic mass is 127. The van der Waals surface area contributed by atoms with E-state index in [0.29, 0.717) is 42.5 Å². The first kappa shape index (κ1) is 37.5. The number of nitriles is 2. The number of nitrogens with zero attached hydrogens (tertiary/aromatic N) is 5. The van der Waals surface area contributed by atoms with Crippen molar-refractivity contribution in [2.45, 2.75) is 84.4 Å². The Hall–Kier alpha value is -3.75. The molecule has 0 amide bonds. The van der Waals surface area contributed by atoms with Crippen molar-refractivity contribution in [1.29, 1.82) is 10.5 Å². The maximum absolute atomic E-state index is 13.7. The van der Waals surface area contributed by atoms with Gasteiger partial charge in [0, 0.05) is 67.4 Å². The molecule has 9 nitrogen and oxygen atoms in total. The van der Waals surface area contributed by atoms with Crippen molar-refractivity contribution >= 4 is 38.2 Å². The van der Waals surface area contributed by atoms with E-state index in [2.05, 4.69) is 68.7 Å². The van der Waals surface area contributed by atoms with Gasteiger partial charge in [-0.3, -0.25) is 9.69 Å². The summed E-state index contributed by atoms with van der Waals surface area (Å²) >= 11 is 2.34. The van der Waals surface area contributed by atoms with Crippen LogP contribution in [0.15, 0.2) is 54.6 Å². The molecular formula is C39H44IN5O4S. The third-order valence-electron chi connectivity index (χ3n) is 10.1. The molecule has 2 aliphatic heterocycles. The zero-order chi connectivity index (χ0) is 36.3. The number of carbonyl (C=O) groups excluding carboxylic acids is 1. The predicted molar refractivity (Wildman–Crippen MR) is 204 cm³/mol. The summed E-state index contributed by atoms with van der Waals surface area (Å²) in [6.07, 6.45) is 5.45. The van der Waals surface area contributed by atoms with E-state index in [9.17, 15) is 18.3 Å². The van der Waals surface area contributed by atoms with Gasteiger partial charge in [-0.25, -0.2) is 8.42 Å². The highest BCUT2D eigenvalue weighted by Gasteiger charge is 2.46. The van der Waals surface area contributed by atoms with Gasteiger partial charge in [-0.05, 0) is 149 Å². The van der Waals surface area contributed by atoms with Gasteiger partial charge >= 0.3 is 0 Å². The van der Waals surface area contributed by atoms with Gasteiger partial charge in [0.05, 0.1) is 35.9 Å². The number of unbranched alkanes of at least 4 members (excludes halogenated alkanes) is 1. The number of hydrogen-bond donors (Lipinski definition) is 1. The summed E-state index contributed by atoms with van der Waals surface area (Å²) in [4.78, 5) is 15.9. The maximum atomic E-state index is 13.7. The molecule has 0 saturated carbocycles. The summed E-state index contributed by atoms with van der Waals surface area (Å²) in [5.41, 5.74) is 9.22. The molecule has 4 heterocycles. The largest absolute Gasteiger partial charge is 0.391 e.